The summed E-state index contributed by atoms with van der Waals surface area (Å²) in [5, 5.41) is 5.49. The van der Waals surface area contributed by atoms with E-state index in [4.69, 9.17) is 0 Å². The Kier molecular flexibility index (Phi) is 3.92. The van der Waals surface area contributed by atoms with Crippen LogP contribution in [0.2, 0.25) is 0 Å². The van der Waals surface area contributed by atoms with Gasteiger partial charge in [-0.3, -0.25) is 9.59 Å². The predicted octanol–water partition coefficient (Wildman–Crippen LogP) is 5.25. The fourth-order valence-corrected chi connectivity index (χ4v) is 4.68. The Hall–Kier alpha value is -2.75. The summed E-state index contributed by atoms with van der Waals surface area (Å²) in [5.74, 6) is 0.705. The van der Waals surface area contributed by atoms with Crippen LogP contribution >= 0.6 is 0 Å². The van der Waals surface area contributed by atoms with Crippen LogP contribution in [-0.2, 0) is 0 Å². The number of benzene rings is 2. The molecular formula is C23H22N2O2. The monoisotopic (exact) mass is 358 g/mol. The zero-order valence-electron chi connectivity index (χ0n) is 15.3. The van der Waals surface area contributed by atoms with E-state index in [-0.39, 0.29) is 11.7 Å². The maximum atomic E-state index is 13.0. The van der Waals surface area contributed by atoms with Gasteiger partial charge in [0.25, 0.3) is 0 Å². The van der Waals surface area contributed by atoms with Crippen molar-refractivity contribution in [2.24, 2.45) is 5.92 Å². The second-order valence-electron chi connectivity index (χ2n) is 7.77. The van der Waals surface area contributed by atoms with Gasteiger partial charge in [0.1, 0.15) is 5.69 Å². The average Bonchev–Trinajstić information content (AvgIpc) is 3.12. The maximum Gasteiger partial charge on any atom is 0.247 e. The summed E-state index contributed by atoms with van der Waals surface area (Å²) in [6, 6.07) is 13.1. The van der Waals surface area contributed by atoms with E-state index in [0.717, 1.165) is 28.6 Å². The summed E-state index contributed by atoms with van der Waals surface area (Å²) in [6.45, 7) is 0. The first-order valence-corrected chi connectivity index (χ1v) is 9.93. The van der Waals surface area contributed by atoms with Crippen molar-refractivity contribution in [3.63, 3.8) is 0 Å². The lowest BCUT2D eigenvalue weighted by molar-refractivity contribution is 0.0879. The lowest BCUT2D eigenvalue weighted by atomic mass is 9.86. The van der Waals surface area contributed by atoms with Crippen molar-refractivity contribution in [1.82, 2.24) is 9.78 Å². The van der Waals surface area contributed by atoms with Gasteiger partial charge >= 0.3 is 0 Å². The predicted molar refractivity (Wildman–Crippen MR) is 105 cm³/mol. The molecule has 0 spiro atoms. The van der Waals surface area contributed by atoms with Crippen LogP contribution in [0.1, 0.15) is 65.7 Å². The van der Waals surface area contributed by atoms with E-state index >= 15 is 0 Å². The van der Waals surface area contributed by atoms with E-state index in [9.17, 15) is 9.59 Å². The lowest BCUT2D eigenvalue weighted by Crippen LogP contribution is -2.15. The summed E-state index contributed by atoms with van der Waals surface area (Å²) in [4.78, 5) is 25.9. The Morgan fingerprint density at radius 1 is 0.963 bits per heavy atom. The van der Waals surface area contributed by atoms with Crippen LogP contribution in [-0.4, -0.2) is 21.5 Å². The fourth-order valence-electron chi connectivity index (χ4n) is 4.68. The highest BCUT2D eigenvalue weighted by atomic mass is 16.2. The van der Waals surface area contributed by atoms with Gasteiger partial charge in [0.05, 0.1) is 5.52 Å². The smallest absolute Gasteiger partial charge is 0.247 e. The highest BCUT2D eigenvalue weighted by Gasteiger charge is 2.29. The molecular weight excluding hydrogens is 336 g/mol. The molecule has 5 rings (SSSR count). The van der Waals surface area contributed by atoms with Crippen molar-refractivity contribution < 1.29 is 9.59 Å². The molecule has 1 saturated carbocycles. The molecule has 27 heavy (non-hydrogen) atoms. The molecule has 0 aliphatic heterocycles. The highest BCUT2D eigenvalue weighted by molar-refractivity contribution is 6.25. The van der Waals surface area contributed by atoms with Gasteiger partial charge < -0.3 is 0 Å². The van der Waals surface area contributed by atoms with Gasteiger partial charge in [0.15, 0.2) is 5.78 Å². The van der Waals surface area contributed by atoms with Crippen molar-refractivity contribution in [3.05, 3.63) is 53.6 Å². The van der Waals surface area contributed by atoms with Crippen molar-refractivity contribution in [2.45, 2.75) is 44.9 Å². The quantitative estimate of drug-likeness (QED) is 0.503. The summed E-state index contributed by atoms with van der Waals surface area (Å²) < 4.78 is 1.53. The Bertz CT molecular complexity index is 1060. The minimum absolute atomic E-state index is 0.0119. The summed E-state index contributed by atoms with van der Waals surface area (Å²) in [7, 11) is 0. The molecule has 1 fully saturated rings. The van der Waals surface area contributed by atoms with Gasteiger partial charge in [-0.05, 0) is 18.4 Å². The molecule has 2 aromatic carbocycles. The zero-order valence-corrected chi connectivity index (χ0v) is 15.3. The normalized spacial score (nSPS) is 16.5. The SMILES string of the molecule is O=C1c2ccccc2-c2nn(C(=O)CCC3CCCCC3)c3cccc1c23. The Morgan fingerprint density at radius 3 is 2.52 bits per heavy atom. The van der Waals surface area contributed by atoms with Crippen LogP contribution in [0, 0.1) is 5.92 Å². The number of fused-ring (bicyclic) bond motifs is 2. The summed E-state index contributed by atoms with van der Waals surface area (Å²) in [5.41, 5.74) is 3.63. The molecule has 0 atom stereocenters. The van der Waals surface area contributed by atoms with Gasteiger partial charge in [0.2, 0.25) is 5.91 Å². The number of hydrogen-bond donors (Lipinski definition) is 0. The molecule has 1 heterocycles. The molecule has 0 saturated heterocycles. The molecule has 0 unspecified atom stereocenters. The van der Waals surface area contributed by atoms with E-state index < -0.39 is 0 Å². The van der Waals surface area contributed by atoms with E-state index in [1.807, 2.05) is 42.5 Å². The number of ketones is 1. The molecule has 2 aliphatic carbocycles. The van der Waals surface area contributed by atoms with Gasteiger partial charge in [-0.25, -0.2) is 0 Å². The molecule has 0 radical (unpaired) electrons. The van der Waals surface area contributed by atoms with Gasteiger partial charge in [0, 0.05) is 28.5 Å². The lowest BCUT2D eigenvalue weighted by Gasteiger charge is -2.20. The number of carbonyl (C=O) groups is 2. The number of aromatic nitrogens is 2. The summed E-state index contributed by atoms with van der Waals surface area (Å²) >= 11 is 0. The zero-order chi connectivity index (χ0) is 18.4. The van der Waals surface area contributed by atoms with Crippen LogP contribution in [0.15, 0.2) is 42.5 Å². The van der Waals surface area contributed by atoms with Crippen molar-refractivity contribution >= 4 is 22.6 Å². The first-order valence-electron chi connectivity index (χ1n) is 9.93. The number of hydrogen-bond acceptors (Lipinski definition) is 3. The number of carbonyl (C=O) groups excluding carboxylic acids is 2. The molecule has 0 bridgehead atoms. The average molecular weight is 358 g/mol. The third kappa shape index (κ3) is 2.62. The van der Waals surface area contributed by atoms with Crippen LogP contribution in [0.25, 0.3) is 22.2 Å². The van der Waals surface area contributed by atoms with Gasteiger partial charge in [-0.1, -0.05) is 68.5 Å². The topological polar surface area (TPSA) is 52.0 Å². The molecule has 3 aromatic rings. The molecule has 2 aliphatic rings. The third-order valence-electron chi connectivity index (χ3n) is 6.11. The molecule has 4 heteroatoms. The first kappa shape index (κ1) is 16.4. The van der Waals surface area contributed by atoms with E-state index in [1.54, 1.807) is 0 Å². The molecule has 0 N–H and O–H groups in total. The second kappa shape index (κ2) is 6.45. The number of rotatable bonds is 3. The van der Waals surface area contributed by atoms with Gasteiger partial charge in [-0.15, -0.1) is 0 Å². The minimum atomic E-state index is 0.0119. The van der Waals surface area contributed by atoms with E-state index in [2.05, 4.69) is 5.10 Å². The van der Waals surface area contributed by atoms with Crippen molar-refractivity contribution in [1.29, 1.82) is 0 Å². The Balaban J connectivity index is 1.54. The van der Waals surface area contributed by atoms with Crippen LogP contribution < -0.4 is 0 Å². The molecule has 136 valence electrons. The highest BCUT2D eigenvalue weighted by Crippen LogP contribution is 2.38. The standard InChI is InChI=1S/C23H22N2O2/c26-20(14-13-15-7-2-1-3-8-15)25-19-12-6-11-18-21(19)22(24-25)16-9-4-5-10-17(16)23(18)27/h4-6,9-12,15H,1-3,7-8,13-14H2. The Morgan fingerprint density at radius 2 is 1.70 bits per heavy atom. The van der Waals surface area contributed by atoms with Crippen LogP contribution in [0.3, 0.4) is 0 Å². The van der Waals surface area contributed by atoms with E-state index in [0.29, 0.717) is 23.5 Å². The van der Waals surface area contributed by atoms with Crippen LogP contribution in [0.4, 0.5) is 0 Å². The van der Waals surface area contributed by atoms with Gasteiger partial charge in [-0.2, -0.15) is 9.78 Å². The third-order valence-corrected chi connectivity index (χ3v) is 6.11. The molecule has 4 nitrogen and oxygen atoms in total. The molecule has 1 aromatic heterocycles. The first-order chi connectivity index (χ1) is 13.2. The fraction of sp³-hybridized carbons (Fsp3) is 0.348. The molecule has 0 amide bonds. The van der Waals surface area contributed by atoms with Crippen LogP contribution in [0.5, 0.6) is 0 Å². The minimum Gasteiger partial charge on any atom is -0.289 e. The largest absolute Gasteiger partial charge is 0.289 e. The number of nitrogens with zero attached hydrogens (tertiary/aromatic N) is 2. The second-order valence-corrected chi connectivity index (χ2v) is 7.77. The Labute approximate surface area is 158 Å². The van der Waals surface area contributed by atoms with E-state index in [1.165, 1.54) is 36.8 Å². The summed E-state index contributed by atoms with van der Waals surface area (Å²) in [6.07, 6.45) is 7.83. The van der Waals surface area contributed by atoms with Crippen molar-refractivity contribution in [3.8, 4) is 11.3 Å². The maximum absolute atomic E-state index is 13.0. The van der Waals surface area contributed by atoms with Crippen molar-refractivity contribution in [2.75, 3.05) is 0 Å².